The maximum atomic E-state index is 5.78. The van der Waals surface area contributed by atoms with Crippen LogP contribution in [0.25, 0.3) is 0 Å². The van der Waals surface area contributed by atoms with Crippen molar-refractivity contribution in [3.05, 3.63) is 15.9 Å². The second-order valence-corrected chi connectivity index (χ2v) is 5.03. The zero-order valence-corrected chi connectivity index (χ0v) is 9.17. The first-order chi connectivity index (χ1) is 5.68. The van der Waals surface area contributed by atoms with E-state index in [-0.39, 0.29) is 5.60 Å². The van der Waals surface area contributed by atoms with Crippen molar-refractivity contribution >= 4 is 27.3 Å². The summed E-state index contributed by atoms with van der Waals surface area (Å²) in [4.78, 5) is 0. The number of thiophene rings is 1. The molecule has 2 heterocycles. The lowest BCUT2D eigenvalue weighted by molar-refractivity contribution is 0.0386. The molecule has 1 N–H and O–H groups in total. The summed E-state index contributed by atoms with van der Waals surface area (Å²) in [5, 5.41) is 6.22. The summed E-state index contributed by atoms with van der Waals surface area (Å²) < 4.78 is 6.88. The van der Waals surface area contributed by atoms with E-state index in [0.717, 1.165) is 22.6 Å². The van der Waals surface area contributed by atoms with E-state index < -0.39 is 0 Å². The van der Waals surface area contributed by atoms with E-state index in [1.54, 1.807) is 11.3 Å². The number of rotatable bonds is 2. The average Bonchev–Trinajstić information content (AvgIpc) is 2.32. The molecule has 0 bridgehead atoms. The molecule has 1 saturated heterocycles. The van der Waals surface area contributed by atoms with E-state index in [0.29, 0.717) is 0 Å². The van der Waals surface area contributed by atoms with Crippen LogP contribution >= 0.6 is 27.3 Å². The van der Waals surface area contributed by atoms with E-state index in [2.05, 4.69) is 28.2 Å². The van der Waals surface area contributed by atoms with Crippen LogP contribution in [-0.4, -0.2) is 18.7 Å². The second kappa shape index (κ2) is 3.01. The number of hydrogen-bond donors (Lipinski definition) is 1. The fourth-order valence-electron chi connectivity index (χ4n) is 1.14. The van der Waals surface area contributed by atoms with E-state index in [9.17, 15) is 0 Å². The van der Waals surface area contributed by atoms with Gasteiger partial charge in [0.05, 0.1) is 0 Å². The Morgan fingerprint density at radius 2 is 2.42 bits per heavy atom. The predicted molar refractivity (Wildman–Crippen MR) is 53.9 cm³/mol. The molecule has 0 radical (unpaired) electrons. The first-order valence-electron chi connectivity index (χ1n) is 3.82. The fraction of sp³-hybridized carbons (Fsp3) is 0.500. The summed E-state index contributed by atoms with van der Waals surface area (Å²) in [6.07, 6.45) is 0. The van der Waals surface area contributed by atoms with Crippen LogP contribution in [0.2, 0.25) is 0 Å². The summed E-state index contributed by atoms with van der Waals surface area (Å²) in [7, 11) is 0. The van der Waals surface area contributed by atoms with Gasteiger partial charge in [-0.05, 0) is 22.9 Å². The highest BCUT2D eigenvalue weighted by atomic mass is 79.9. The molecule has 66 valence electrons. The highest BCUT2D eigenvalue weighted by Gasteiger charge is 2.34. The van der Waals surface area contributed by atoms with Gasteiger partial charge in [0.25, 0.3) is 0 Å². The van der Waals surface area contributed by atoms with Crippen LogP contribution in [0.4, 0.5) is 0 Å². The van der Waals surface area contributed by atoms with Gasteiger partial charge >= 0.3 is 0 Å². The van der Waals surface area contributed by atoms with Crippen molar-refractivity contribution in [3.63, 3.8) is 0 Å². The van der Waals surface area contributed by atoms with E-state index in [1.807, 2.05) is 11.4 Å². The smallest absolute Gasteiger partial charge is 0.175 e. The van der Waals surface area contributed by atoms with Crippen molar-refractivity contribution in [1.29, 1.82) is 0 Å². The van der Waals surface area contributed by atoms with Crippen molar-refractivity contribution in [2.45, 2.75) is 12.5 Å². The van der Waals surface area contributed by atoms with Crippen LogP contribution in [0.5, 0.6) is 5.06 Å². The third kappa shape index (κ3) is 1.65. The Labute approximate surface area is 84.1 Å². The van der Waals surface area contributed by atoms with Crippen LogP contribution in [0.1, 0.15) is 6.92 Å². The Morgan fingerprint density at radius 3 is 2.83 bits per heavy atom. The Hall–Kier alpha value is -0.0600. The molecule has 1 aromatic heterocycles. The first kappa shape index (κ1) is 8.53. The maximum absolute atomic E-state index is 5.78. The standard InChI is InChI=1S/C8H10BrNOS/c1-8(4-10-5-8)11-7-2-6(9)3-12-7/h2-3,10H,4-5H2,1H3. The molecule has 1 aromatic rings. The molecule has 2 nitrogen and oxygen atoms in total. The van der Waals surface area contributed by atoms with E-state index in [4.69, 9.17) is 4.74 Å². The molecule has 2 rings (SSSR count). The highest BCUT2D eigenvalue weighted by molar-refractivity contribution is 9.10. The summed E-state index contributed by atoms with van der Waals surface area (Å²) in [6, 6.07) is 2.01. The number of halogens is 1. The van der Waals surface area contributed by atoms with Gasteiger partial charge in [0, 0.05) is 29.0 Å². The average molecular weight is 248 g/mol. The number of nitrogens with one attached hydrogen (secondary N) is 1. The molecule has 0 aliphatic carbocycles. The molecule has 0 amide bonds. The van der Waals surface area contributed by atoms with Crippen LogP contribution in [0.15, 0.2) is 15.9 Å². The van der Waals surface area contributed by atoms with Crippen molar-refractivity contribution in [2.75, 3.05) is 13.1 Å². The van der Waals surface area contributed by atoms with Crippen molar-refractivity contribution in [1.82, 2.24) is 5.32 Å². The molecule has 0 unspecified atom stereocenters. The molecule has 1 fully saturated rings. The zero-order chi connectivity index (χ0) is 8.60. The third-order valence-electron chi connectivity index (χ3n) is 1.89. The van der Waals surface area contributed by atoms with Gasteiger partial charge in [0.2, 0.25) is 0 Å². The monoisotopic (exact) mass is 247 g/mol. The van der Waals surface area contributed by atoms with Crippen LogP contribution in [0, 0.1) is 0 Å². The van der Waals surface area contributed by atoms with Gasteiger partial charge in [-0.25, -0.2) is 0 Å². The number of ether oxygens (including phenoxy) is 1. The highest BCUT2D eigenvalue weighted by Crippen LogP contribution is 2.30. The Bertz CT molecular complexity index is 282. The lowest BCUT2D eigenvalue weighted by Crippen LogP contribution is -2.60. The first-order valence-corrected chi connectivity index (χ1v) is 5.49. The molecule has 0 atom stereocenters. The van der Waals surface area contributed by atoms with Gasteiger partial charge in [-0.2, -0.15) is 0 Å². The summed E-state index contributed by atoms with van der Waals surface area (Å²) in [5.74, 6) is 0. The molecule has 1 aliphatic rings. The van der Waals surface area contributed by atoms with Crippen molar-refractivity contribution in [3.8, 4) is 5.06 Å². The van der Waals surface area contributed by atoms with Gasteiger partial charge < -0.3 is 10.1 Å². The van der Waals surface area contributed by atoms with Gasteiger partial charge in [-0.15, -0.1) is 11.3 Å². The van der Waals surface area contributed by atoms with Gasteiger partial charge in [-0.3, -0.25) is 0 Å². The van der Waals surface area contributed by atoms with Crippen LogP contribution < -0.4 is 10.1 Å². The molecule has 0 aromatic carbocycles. The molecular weight excluding hydrogens is 238 g/mol. The zero-order valence-electron chi connectivity index (χ0n) is 6.76. The summed E-state index contributed by atoms with van der Waals surface area (Å²) in [6.45, 7) is 4.02. The van der Waals surface area contributed by atoms with Crippen LogP contribution in [-0.2, 0) is 0 Å². The lowest BCUT2D eigenvalue weighted by Gasteiger charge is -2.38. The van der Waals surface area contributed by atoms with Crippen LogP contribution in [0.3, 0.4) is 0 Å². The predicted octanol–water partition coefficient (Wildman–Crippen LogP) is 2.25. The molecule has 12 heavy (non-hydrogen) atoms. The third-order valence-corrected chi connectivity index (χ3v) is 3.45. The number of hydrogen-bond acceptors (Lipinski definition) is 3. The van der Waals surface area contributed by atoms with E-state index in [1.165, 1.54) is 0 Å². The minimum absolute atomic E-state index is 0.0181. The fourth-order valence-corrected chi connectivity index (χ4v) is 2.52. The normalized spacial score (nSPS) is 20.2. The minimum Gasteiger partial charge on any atom is -0.475 e. The quantitative estimate of drug-likeness (QED) is 0.866. The van der Waals surface area contributed by atoms with E-state index >= 15 is 0 Å². The lowest BCUT2D eigenvalue weighted by atomic mass is 10.0. The topological polar surface area (TPSA) is 21.3 Å². The van der Waals surface area contributed by atoms with Gasteiger partial charge in [-0.1, -0.05) is 0 Å². The summed E-state index contributed by atoms with van der Waals surface area (Å²) in [5.41, 5.74) is 0.0181. The minimum atomic E-state index is 0.0181. The second-order valence-electron chi connectivity index (χ2n) is 3.24. The maximum Gasteiger partial charge on any atom is 0.175 e. The SMILES string of the molecule is CC1(Oc2cc(Br)cs2)CNC1. The molecule has 1 aliphatic heterocycles. The molecular formula is C8H10BrNOS. The molecule has 4 heteroatoms. The Morgan fingerprint density at radius 1 is 1.67 bits per heavy atom. The molecule has 0 spiro atoms. The largest absolute Gasteiger partial charge is 0.475 e. The van der Waals surface area contributed by atoms with Gasteiger partial charge in [0.15, 0.2) is 5.06 Å². The van der Waals surface area contributed by atoms with Gasteiger partial charge in [0.1, 0.15) is 5.60 Å². The van der Waals surface area contributed by atoms with Crippen molar-refractivity contribution in [2.24, 2.45) is 0 Å². The molecule has 0 saturated carbocycles. The summed E-state index contributed by atoms with van der Waals surface area (Å²) >= 11 is 5.02. The Kier molecular flexibility index (Phi) is 2.14. The van der Waals surface area contributed by atoms with Crippen molar-refractivity contribution < 1.29 is 4.74 Å². The Balaban J connectivity index is 2.03.